The summed E-state index contributed by atoms with van der Waals surface area (Å²) in [6.07, 6.45) is 23.2. The summed E-state index contributed by atoms with van der Waals surface area (Å²) in [5.74, 6) is 4.65. The Bertz CT molecular complexity index is 2140. The monoisotopic (exact) mass is 1320 g/mol. The molecule has 6 rings (SSSR count). The van der Waals surface area contributed by atoms with Crippen LogP contribution >= 0.6 is 0 Å². The average Bonchev–Trinajstić information content (AvgIpc) is 0.788. The van der Waals surface area contributed by atoms with Crippen molar-refractivity contribution in [3.05, 3.63) is 0 Å². The number of rotatable bonds is 41. The molecule has 4 saturated heterocycles. The van der Waals surface area contributed by atoms with Crippen molar-refractivity contribution in [2.45, 2.75) is 348 Å². The standard InChI is InChI=1S/C74H146N20/c1-21-25-45-91(57-49-67(5,6)85-68(7,8)50-57)63-79-61(80-64(83-63)92(46-26-22-2)58-51-69(9,10)86-70(11,12)52-58)77-37-33-43-89(41-31-35-75)39-29-30-40-90(42-32-36-76)44-34-38-78-62-81-65(93(47-27-23-3)59-53-71(13,14)87-72(15,16)54-59)84-66(82-62)94(48-28-24-4)60-55-73(17,18)88-74(19,20)56-60/h57-60,85-88H,21-56,75-76H2,1-20H3,(H,77,79,80,83)(H,78,81,82,84). The molecule has 4 aliphatic rings. The van der Waals surface area contributed by atoms with E-state index in [1.54, 1.807) is 0 Å². The summed E-state index contributed by atoms with van der Waals surface area (Å²) in [6, 6.07) is 1.20. The third-order valence-electron chi connectivity index (χ3n) is 20.1. The van der Waals surface area contributed by atoms with E-state index in [1.807, 2.05) is 0 Å². The number of piperidine rings is 4. The molecule has 6 heterocycles. The fraction of sp³-hybridized carbons (Fsp3) is 0.919. The molecule has 0 atom stereocenters. The van der Waals surface area contributed by atoms with E-state index in [4.69, 9.17) is 41.4 Å². The van der Waals surface area contributed by atoms with Crippen molar-refractivity contribution in [1.82, 2.24) is 61.0 Å². The smallest absolute Gasteiger partial charge is 0.232 e. The Kier molecular flexibility index (Phi) is 30.0. The van der Waals surface area contributed by atoms with Crippen LogP contribution in [0.5, 0.6) is 0 Å². The molecule has 2 aromatic rings. The number of nitrogens with zero attached hydrogens (tertiary/aromatic N) is 12. The number of nitrogens with two attached hydrogens (primary N) is 2. The van der Waals surface area contributed by atoms with E-state index in [0.717, 1.165) is 244 Å². The normalized spacial score (nSPS) is 21.0. The van der Waals surface area contributed by atoms with Crippen LogP contribution < -0.4 is 63.0 Å². The molecule has 20 nitrogen and oxygen atoms in total. The van der Waals surface area contributed by atoms with Gasteiger partial charge in [-0.3, -0.25) is 0 Å². The Morgan fingerprint density at radius 1 is 0.309 bits per heavy atom. The Balaban J connectivity index is 1.15. The van der Waals surface area contributed by atoms with Crippen molar-refractivity contribution in [2.24, 2.45) is 11.5 Å². The second-order valence-corrected chi connectivity index (χ2v) is 34.8. The number of aromatic nitrogens is 6. The van der Waals surface area contributed by atoms with Crippen LogP contribution in [0.3, 0.4) is 0 Å². The van der Waals surface area contributed by atoms with E-state index in [1.165, 1.54) is 0 Å². The first-order valence-corrected chi connectivity index (χ1v) is 38.2. The topological polar surface area (TPSA) is 221 Å². The van der Waals surface area contributed by atoms with Crippen LogP contribution in [0, 0.1) is 0 Å². The van der Waals surface area contributed by atoms with Crippen LogP contribution in [0.4, 0.5) is 35.7 Å². The molecular formula is C74H146N20. The summed E-state index contributed by atoms with van der Waals surface area (Å²) in [5.41, 5.74) is 12.3. The number of unbranched alkanes of at least 4 members (excludes halogenated alkanes) is 5. The van der Waals surface area contributed by atoms with Crippen LogP contribution in [0.1, 0.15) is 280 Å². The zero-order valence-corrected chi connectivity index (χ0v) is 64.3. The predicted molar refractivity (Wildman–Crippen MR) is 402 cm³/mol. The zero-order valence-electron chi connectivity index (χ0n) is 64.3. The SMILES string of the molecule is CCCCN(c1nc(NCCCN(CCCN)CCCCN(CCCN)CCCNc2nc(N(CCCC)C3CC(C)(C)NC(C)(C)C3)nc(N(CCCC)C3CC(C)(C)NC(C)(C)C3)n2)nc(N(CCCC)C2CC(C)(C)NC(C)(C)C2)n1)C1CC(C)(C)NC(C)(C)C1. The molecule has 0 radical (unpaired) electrons. The van der Waals surface area contributed by atoms with Crippen molar-refractivity contribution in [3.63, 3.8) is 0 Å². The van der Waals surface area contributed by atoms with E-state index < -0.39 is 0 Å². The number of hydrogen-bond acceptors (Lipinski definition) is 20. The zero-order chi connectivity index (χ0) is 69.2. The van der Waals surface area contributed by atoms with Gasteiger partial charge in [-0.2, -0.15) is 29.9 Å². The Hall–Kier alpha value is -3.50. The molecule has 0 unspecified atom stereocenters. The minimum Gasteiger partial charge on any atom is -0.354 e. The predicted octanol–water partition coefficient (Wildman–Crippen LogP) is 12.1. The minimum absolute atomic E-state index is 0.0150. The largest absolute Gasteiger partial charge is 0.354 e. The van der Waals surface area contributed by atoms with E-state index in [0.29, 0.717) is 49.2 Å². The summed E-state index contributed by atoms with van der Waals surface area (Å²) in [4.78, 5) is 48.1. The first-order chi connectivity index (χ1) is 44.1. The van der Waals surface area contributed by atoms with Gasteiger partial charge in [0.25, 0.3) is 0 Å². The van der Waals surface area contributed by atoms with Gasteiger partial charge in [-0.05, 0) is 279 Å². The van der Waals surface area contributed by atoms with E-state index in [2.05, 4.69) is 200 Å². The molecule has 4 fully saturated rings. The summed E-state index contributed by atoms with van der Waals surface area (Å²) in [7, 11) is 0. The highest BCUT2D eigenvalue weighted by Crippen LogP contribution is 2.39. The van der Waals surface area contributed by atoms with Gasteiger partial charge in [-0.1, -0.05) is 53.4 Å². The lowest BCUT2D eigenvalue weighted by atomic mass is 9.79. The molecule has 0 aromatic carbocycles. The lowest BCUT2D eigenvalue weighted by Crippen LogP contribution is -2.63. The van der Waals surface area contributed by atoms with Crippen molar-refractivity contribution in [3.8, 4) is 0 Å². The Labute approximate surface area is 575 Å². The fourth-order valence-corrected chi connectivity index (χ4v) is 17.4. The third kappa shape index (κ3) is 26.0. The summed E-state index contributed by atoms with van der Waals surface area (Å²) in [5, 5.41) is 23.4. The molecule has 0 bridgehead atoms. The van der Waals surface area contributed by atoms with Crippen LogP contribution in [0.15, 0.2) is 0 Å². The Morgan fingerprint density at radius 3 is 0.734 bits per heavy atom. The molecule has 542 valence electrons. The van der Waals surface area contributed by atoms with Crippen molar-refractivity contribution >= 4 is 35.7 Å². The van der Waals surface area contributed by atoms with Crippen molar-refractivity contribution in [2.75, 3.05) is 122 Å². The van der Waals surface area contributed by atoms with Gasteiger partial charge < -0.3 is 72.8 Å². The number of nitrogens with one attached hydrogen (secondary N) is 6. The van der Waals surface area contributed by atoms with Gasteiger partial charge in [0.05, 0.1) is 0 Å². The van der Waals surface area contributed by atoms with Gasteiger partial charge in [0.15, 0.2) is 0 Å². The quantitative estimate of drug-likeness (QED) is 0.0290. The van der Waals surface area contributed by atoms with Crippen molar-refractivity contribution in [1.29, 1.82) is 0 Å². The van der Waals surface area contributed by atoms with Gasteiger partial charge in [0.2, 0.25) is 35.7 Å². The van der Waals surface area contributed by atoms with Gasteiger partial charge >= 0.3 is 0 Å². The summed E-state index contributed by atoms with van der Waals surface area (Å²) in [6.45, 7) is 59.5. The first kappa shape index (κ1) is 79.5. The molecule has 0 amide bonds. The molecule has 4 aliphatic heterocycles. The van der Waals surface area contributed by atoms with Crippen LogP contribution in [-0.4, -0.2) is 200 Å². The maximum atomic E-state index is 6.20. The van der Waals surface area contributed by atoms with Gasteiger partial charge in [0, 0.05) is 108 Å². The third-order valence-corrected chi connectivity index (χ3v) is 20.1. The molecule has 94 heavy (non-hydrogen) atoms. The molecule has 10 N–H and O–H groups in total. The fourth-order valence-electron chi connectivity index (χ4n) is 17.4. The highest BCUT2D eigenvalue weighted by Gasteiger charge is 2.46. The maximum absolute atomic E-state index is 6.20. The maximum Gasteiger partial charge on any atom is 0.232 e. The Morgan fingerprint density at radius 2 is 0.521 bits per heavy atom. The lowest BCUT2D eigenvalue weighted by Gasteiger charge is -2.50. The second kappa shape index (κ2) is 35.5. The number of hydrogen-bond donors (Lipinski definition) is 8. The van der Waals surface area contributed by atoms with Crippen LogP contribution in [0.25, 0.3) is 0 Å². The van der Waals surface area contributed by atoms with Crippen molar-refractivity contribution < 1.29 is 0 Å². The van der Waals surface area contributed by atoms with Crippen LogP contribution in [0.2, 0.25) is 0 Å². The molecule has 0 saturated carbocycles. The average molecular weight is 1320 g/mol. The highest BCUT2D eigenvalue weighted by atomic mass is 15.4. The summed E-state index contributed by atoms with van der Waals surface area (Å²) >= 11 is 0. The molecule has 0 spiro atoms. The first-order valence-electron chi connectivity index (χ1n) is 38.2. The molecular weight excluding hydrogens is 1170 g/mol. The lowest BCUT2D eigenvalue weighted by molar-refractivity contribution is 0.156. The number of anilines is 6. The minimum atomic E-state index is -0.0150. The molecule has 0 aliphatic carbocycles. The summed E-state index contributed by atoms with van der Waals surface area (Å²) < 4.78 is 0. The molecule has 2 aromatic heterocycles. The van der Waals surface area contributed by atoms with Crippen LogP contribution in [-0.2, 0) is 0 Å². The van der Waals surface area contributed by atoms with E-state index >= 15 is 0 Å². The second-order valence-electron chi connectivity index (χ2n) is 34.8. The highest BCUT2D eigenvalue weighted by molar-refractivity contribution is 5.49. The molecule has 20 heteroatoms. The van der Waals surface area contributed by atoms with E-state index in [9.17, 15) is 0 Å². The van der Waals surface area contributed by atoms with Gasteiger partial charge in [-0.25, -0.2) is 0 Å². The van der Waals surface area contributed by atoms with Gasteiger partial charge in [-0.15, -0.1) is 0 Å². The van der Waals surface area contributed by atoms with Gasteiger partial charge in [0.1, 0.15) is 0 Å². The van der Waals surface area contributed by atoms with E-state index in [-0.39, 0.29) is 44.3 Å².